The van der Waals surface area contributed by atoms with Crippen molar-refractivity contribution in [1.29, 1.82) is 0 Å². The third-order valence-electron chi connectivity index (χ3n) is 2.98. The maximum absolute atomic E-state index is 12.2. The second kappa shape index (κ2) is 5.20. The van der Waals surface area contributed by atoms with Gasteiger partial charge in [0.2, 0.25) is 0 Å². The van der Waals surface area contributed by atoms with E-state index >= 15 is 0 Å². The Hall–Kier alpha value is -1.95. The Kier molecular flexibility index (Phi) is 3.40. The molecule has 3 rings (SSSR count). The zero-order valence-electron chi connectivity index (χ0n) is 10.3. The molecule has 1 aliphatic carbocycles. The summed E-state index contributed by atoms with van der Waals surface area (Å²) in [5.41, 5.74) is 0.749. The van der Waals surface area contributed by atoms with Crippen molar-refractivity contribution in [2.24, 2.45) is 0 Å². The van der Waals surface area contributed by atoms with Crippen LogP contribution in [0.25, 0.3) is 5.76 Å². The molecule has 20 heavy (non-hydrogen) atoms. The summed E-state index contributed by atoms with van der Waals surface area (Å²) in [6.45, 7) is 0. The number of hydrogen-bond donors (Lipinski definition) is 1. The molecular formula is C16H10IO3-. The van der Waals surface area contributed by atoms with Crippen LogP contribution in [0.2, 0.25) is 0 Å². The summed E-state index contributed by atoms with van der Waals surface area (Å²) in [6.07, 6.45) is 0. The van der Waals surface area contributed by atoms with E-state index in [9.17, 15) is 14.7 Å². The number of halogens is 1. The fourth-order valence-electron chi connectivity index (χ4n) is 2.01. The number of carbonyl (C=O) groups is 2. The molecule has 0 spiro atoms. The van der Waals surface area contributed by atoms with Crippen molar-refractivity contribution in [2.75, 3.05) is 0 Å². The van der Waals surface area contributed by atoms with E-state index in [-0.39, 0.29) is 14.9 Å². The van der Waals surface area contributed by atoms with Crippen LogP contribution in [0.4, 0.5) is 0 Å². The average Bonchev–Trinajstić information content (AvgIpc) is 2.50. The predicted molar refractivity (Wildman–Crippen MR) is 70.5 cm³/mol. The number of aliphatic hydroxyl groups excluding tert-OH is 1. The van der Waals surface area contributed by atoms with Crippen LogP contribution in [-0.4, -0.2) is 16.7 Å². The molecule has 1 N–H and O–H groups in total. The number of fused-ring (bicyclic) bond motifs is 1. The number of carbonyl (C=O) groups excluding carboxylic acids is 2. The van der Waals surface area contributed by atoms with Gasteiger partial charge >= 0.3 is 126 Å². The van der Waals surface area contributed by atoms with Gasteiger partial charge in [-0.15, -0.1) is 0 Å². The van der Waals surface area contributed by atoms with Crippen molar-refractivity contribution >= 4 is 17.3 Å². The number of hydrogen-bond acceptors (Lipinski definition) is 3. The van der Waals surface area contributed by atoms with E-state index in [1.165, 1.54) is 0 Å². The molecule has 0 radical (unpaired) electrons. The molecular weight excluding hydrogens is 367 g/mol. The Labute approximate surface area is 126 Å². The van der Waals surface area contributed by atoms with Gasteiger partial charge < -0.3 is 0 Å². The van der Waals surface area contributed by atoms with Crippen molar-refractivity contribution in [3.63, 3.8) is 0 Å². The Morgan fingerprint density at radius 1 is 0.750 bits per heavy atom. The van der Waals surface area contributed by atoms with E-state index < -0.39 is 32.8 Å². The quantitative estimate of drug-likeness (QED) is 0.575. The molecule has 0 fully saturated rings. The molecule has 0 amide bonds. The van der Waals surface area contributed by atoms with Gasteiger partial charge in [-0.2, -0.15) is 0 Å². The number of aliphatic hydroxyl groups is 1. The van der Waals surface area contributed by atoms with Crippen molar-refractivity contribution in [2.45, 2.75) is 0 Å². The summed E-state index contributed by atoms with van der Waals surface area (Å²) >= 11 is -0.869. The minimum absolute atomic E-state index is 0.0400. The molecule has 0 saturated heterocycles. The standard InChI is InChI=1S/C16H10IO3/c18-14-11-8-4-5-9-12(11)15(19)16(20)13(14)17-10-6-2-1-3-7-10/h1-9,18H/q-1. The van der Waals surface area contributed by atoms with Crippen LogP contribution in [0.5, 0.6) is 0 Å². The summed E-state index contributed by atoms with van der Waals surface area (Å²) in [6, 6.07) is 16.2. The summed E-state index contributed by atoms with van der Waals surface area (Å²) in [7, 11) is 0. The van der Waals surface area contributed by atoms with Crippen LogP contribution in [0.1, 0.15) is 15.9 Å². The number of Topliss-reactive ketones (excluding diaryl/α,β-unsaturated/α-hetero) is 2. The predicted octanol–water partition coefficient (Wildman–Crippen LogP) is -0.363. The Balaban J connectivity index is 2.10. The van der Waals surface area contributed by atoms with E-state index in [1.807, 2.05) is 30.3 Å². The number of ketones is 2. The van der Waals surface area contributed by atoms with Crippen LogP contribution in [-0.2, 0) is 4.79 Å². The average molecular weight is 377 g/mol. The summed E-state index contributed by atoms with van der Waals surface area (Å²) in [5, 5.41) is 10.3. The van der Waals surface area contributed by atoms with Gasteiger partial charge in [0, 0.05) is 0 Å². The van der Waals surface area contributed by atoms with Gasteiger partial charge in [0.15, 0.2) is 0 Å². The fourth-order valence-corrected chi connectivity index (χ4v) is 4.44. The van der Waals surface area contributed by atoms with Crippen molar-refractivity contribution in [3.8, 4) is 0 Å². The zero-order chi connectivity index (χ0) is 14.1. The van der Waals surface area contributed by atoms with Gasteiger partial charge in [-0.05, 0) is 0 Å². The SMILES string of the molecule is O=C1C(=O)c2ccccc2C(O)=C1[I-]c1ccccc1. The molecule has 100 valence electrons. The normalized spacial score (nSPS) is 14.6. The number of rotatable bonds is 2. The van der Waals surface area contributed by atoms with Gasteiger partial charge in [-0.1, -0.05) is 0 Å². The molecule has 3 nitrogen and oxygen atoms in total. The van der Waals surface area contributed by atoms with Gasteiger partial charge in [0.25, 0.3) is 0 Å². The molecule has 0 heterocycles. The first-order chi connectivity index (χ1) is 9.68. The second-order valence-electron chi connectivity index (χ2n) is 4.26. The summed E-state index contributed by atoms with van der Waals surface area (Å²) in [4.78, 5) is 24.2. The molecule has 2 aromatic rings. The van der Waals surface area contributed by atoms with Gasteiger partial charge in [-0.25, -0.2) is 0 Å². The molecule has 1 aliphatic rings. The van der Waals surface area contributed by atoms with E-state index in [1.54, 1.807) is 24.3 Å². The Morgan fingerprint density at radius 2 is 1.35 bits per heavy atom. The van der Waals surface area contributed by atoms with Crippen molar-refractivity contribution in [3.05, 3.63) is 72.9 Å². The molecule has 0 saturated carbocycles. The topological polar surface area (TPSA) is 54.4 Å². The summed E-state index contributed by atoms with van der Waals surface area (Å²) in [5.74, 6) is -1.14. The van der Waals surface area contributed by atoms with Crippen LogP contribution < -0.4 is 21.2 Å². The molecule has 2 aromatic carbocycles. The molecule has 0 atom stereocenters. The first kappa shape index (κ1) is 13.1. The first-order valence-electron chi connectivity index (χ1n) is 6.00. The van der Waals surface area contributed by atoms with E-state index in [4.69, 9.17) is 0 Å². The third kappa shape index (κ3) is 2.16. The second-order valence-corrected chi connectivity index (χ2v) is 7.12. The fraction of sp³-hybridized carbons (Fsp3) is 0. The monoisotopic (exact) mass is 377 g/mol. The van der Waals surface area contributed by atoms with Crippen LogP contribution >= 0.6 is 0 Å². The van der Waals surface area contributed by atoms with Crippen molar-refractivity contribution < 1.29 is 35.9 Å². The first-order valence-corrected chi connectivity index (χ1v) is 8.16. The minimum atomic E-state index is -0.869. The Bertz CT molecular complexity index is 732. The number of benzene rings is 2. The van der Waals surface area contributed by atoms with E-state index in [0.717, 1.165) is 3.57 Å². The van der Waals surface area contributed by atoms with E-state index in [2.05, 4.69) is 0 Å². The molecule has 0 bridgehead atoms. The number of allylic oxidation sites excluding steroid dienone is 1. The van der Waals surface area contributed by atoms with Gasteiger partial charge in [0.1, 0.15) is 0 Å². The maximum atomic E-state index is 12.2. The molecule has 0 aromatic heterocycles. The molecule has 0 aliphatic heterocycles. The van der Waals surface area contributed by atoms with Gasteiger partial charge in [0.05, 0.1) is 0 Å². The van der Waals surface area contributed by atoms with E-state index in [0.29, 0.717) is 5.56 Å². The van der Waals surface area contributed by atoms with Crippen LogP contribution in [0.3, 0.4) is 0 Å². The zero-order valence-corrected chi connectivity index (χ0v) is 12.5. The molecule has 0 unspecified atom stereocenters. The molecule has 4 heteroatoms. The Morgan fingerprint density at radius 3 is 2.05 bits per heavy atom. The van der Waals surface area contributed by atoms with Crippen LogP contribution in [0.15, 0.2) is 58.2 Å². The van der Waals surface area contributed by atoms with Crippen LogP contribution in [0, 0.1) is 3.57 Å². The van der Waals surface area contributed by atoms with Crippen molar-refractivity contribution in [1.82, 2.24) is 0 Å². The summed E-state index contributed by atoms with van der Waals surface area (Å²) < 4.78 is 1.27. The third-order valence-corrected chi connectivity index (χ3v) is 5.86. The van der Waals surface area contributed by atoms with Gasteiger partial charge in [-0.3, -0.25) is 0 Å².